The molecular weight excluding hydrogens is 184 g/mol. The van der Waals surface area contributed by atoms with Crippen LogP contribution in [0.5, 0.6) is 6.01 Å². The van der Waals surface area contributed by atoms with E-state index in [-0.39, 0.29) is 24.3 Å². The van der Waals surface area contributed by atoms with Gasteiger partial charge in [0, 0.05) is 0 Å². The second-order valence-electron chi connectivity index (χ2n) is 2.33. The van der Waals surface area contributed by atoms with Crippen LogP contribution < -0.4 is 10.1 Å². The van der Waals surface area contributed by atoms with Crippen molar-refractivity contribution < 1.29 is 9.53 Å². The molecule has 0 aromatic carbocycles. The number of aromatic nitrogens is 3. The number of hydrogen-bond acceptors (Lipinski definition) is 4. The molecule has 1 aromatic rings. The highest BCUT2D eigenvalue weighted by Crippen LogP contribution is 2.05. The number of hydrogen-bond donors (Lipinski definition) is 2. The third-order valence-corrected chi connectivity index (χ3v) is 1.26. The zero-order chi connectivity index (χ0) is 10.4. The number of amides is 1. The minimum absolute atomic E-state index is 0.00463. The van der Waals surface area contributed by atoms with E-state index in [1.807, 2.05) is 6.92 Å². The molecule has 0 atom stereocenters. The highest BCUT2D eigenvalue weighted by atomic mass is 16.5. The molecule has 0 saturated heterocycles. The van der Waals surface area contributed by atoms with Crippen LogP contribution in [0.1, 0.15) is 13.3 Å². The van der Waals surface area contributed by atoms with E-state index in [1.54, 1.807) is 0 Å². The summed E-state index contributed by atoms with van der Waals surface area (Å²) in [5.74, 6) is 2.13. The summed E-state index contributed by atoms with van der Waals surface area (Å²) >= 11 is 0. The summed E-state index contributed by atoms with van der Waals surface area (Å²) in [4.78, 5) is 14.8. The van der Waals surface area contributed by atoms with Crippen LogP contribution in [-0.2, 0) is 4.79 Å². The Labute approximate surface area is 81.1 Å². The maximum atomic E-state index is 11.0. The first-order valence-electron chi connectivity index (χ1n) is 4.04. The summed E-state index contributed by atoms with van der Waals surface area (Å²) in [5, 5.41) is 8.62. The molecule has 0 aliphatic carbocycles. The van der Waals surface area contributed by atoms with Crippen molar-refractivity contribution >= 4 is 11.9 Å². The number of nitrogens with one attached hydrogen (secondary N) is 2. The Morgan fingerprint density at radius 1 is 1.79 bits per heavy atom. The van der Waals surface area contributed by atoms with Crippen LogP contribution in [0, 0.1) is 12.3 Å². The third-order valence-electron chi connectivity index (χ3n) is 1.26. The van der Waals surface area contributed by atoms with Crippen molar-refractivity contribution in [2.24, 2.45) is 0 Å². The summed E-state index contributed by atoms with van der Waals surface area (Å²) in [6.07, 6.45) is 4.96. The largest absolute Gasteiger partial charge is 0.463 e. The Kier molecular flexibility index (Phi) is 3.49. The van der Waals surface area contributed by atoms with Crippen molar-refractivity contribution in [3.8, 4) is 18.4 Å². The molecule has 0 fully saturated rings. The van der Waals surface area contributed by atoms with Gasteiger partial charge in [0.25, 0.3) is 0 Å². The van der Waals surface area contributed by atoms with Gasteiger partial charge in [-0.05, 0) is 6.92 Å². The molecule has 6 heteroatoms. The zero-order valence-corrected chi connectivity index (χ0v) is 7.70. The molecule has 0 radical (unpaired) electrons. The minimum atomic E-state index is -0.313. The lowest BCUT2D eigenvalue weighted by Gasteiger charge is -1.95. The van der Waals surface area contributed by atoms with E-state index in [9.17, 15) is 4.79 Å². The van der Waals surface area contributed by atoms with Crippen LogP contribution in [0.15, 0.2) is 0 Å². The molecule has 74 valence electrons. The molecule has 1 rings (SSSR count). The first kappa shape index (κ1) is 10.1. The second kappa shape index (κ2) is 4.87. The van der Waals surface area contributed by atoms with Gasteiger partial charge in [0.2, 0.25) is 11.9 Å². The molecule has 0 unspecified atom stereocenters. The van der Waals surface area contributed by atoms with Gasteiger partial charge in [-0.3, -0.25) is 10.1 Å². The molecule has 2 N–H and O–H groups in total. The molecular formula is C8H10N4O2. The summed E-state index contributed by atoms with van der Waals surface area (Å²) in [6, 6.07) is 0.198. The molecule has 1 aromatic heterocycles. The van der Waals surface area contributed by atoms with Crippen molar-refractivity contribution in [3.63, 3.8) is 0 Å². The van der Waals surface area contributed by atoms with Gasteiger partial charge in [-0.25, -0.2) is 5.10 Å². The van der Waals surface area contributed by atoms with Gasteiger partial charge < -0.3 is 4.74 Å². The Balaban J connectivity index is 2.51. The fraction of sp³-hybridized carbons (Fsp3) is 0.375. The number of rotatable bonds is 4. The highest BCUT2D eigenvalue weighted by Gasteiger charge is 2.05. The lowest BCUT2D eigenvalue weighted by atomic mass is 10.4. The van der Waals surface area contributed by atoms with Gasteiger partial charge in [0.1, 0.15) is 0 Å². The van der Waals surface area contributed by atoms with Crippen LogP contribution >= 0.6 is 0 Å². The zero-order valence-electron chi connectivity index (χ0n) is 7.70. The number of carbonyl (C=O) groups is 1. The molecule has 0 aliphatic rings. The van der Waals surface area contributed by atoms with E-state index in [2.05, 4.69) is 26.4 Å². The summed E-state index contributed by atoms with van der Waals surface area (Å²) in [6.45, 7) is 2.28. The number of nitrogens with zero attached hydrogens (tertiary/aromatic N) is 2. The fourth-order valence-electron chi connectivity index (χ4n) is 0.765. The predicted octanol–water partition coefficient (Wildman–Crippen LogP) is 0.165. The van der Waals surface area contributed by atoms with E-state index in [0.29, 0.717) is 6.61 Å². The van der Waals surface area contributed by atoms with Crippen molar-refractivity contribution in [1.29, 1.82) is 0 Å². The second-order valence-corrected chi connectivity index (χ2v) is 2.33. The van der Waals surface area contributed by atoms with Gasteiger partial charge in [-0.2, -0.15) is 4.98 Å². The number of carbonyl (C=O) groups excluding carboxylic acids is 1. The van der Waals surface area contributed by atoms with Gasteiger partial charge in [-0.15, -0.1) is 11.5 Å². The summed E-state index contributed by atoms with van der Waals surface area (Å²) < 4.78 is 4.98. The van der Waals surface area contributed by atoms with Crippen molar-refractivity contribution in [1.82, 2.24) is 15.2 Å². The van der Waals surface area contributed by atoms with Crippen LogP contribution in [0.2, 0.25) is 0 Å². The standard InChI is InChI=1S/C8H10N4O2/c1-3-5-6(13)9-7-10-8(12-11-7)14-4-2/h1H,4-5H2,2H3,(H2,9,10,11,12,13). The maximum Gasteiger partial charge on any atom is 0.337 e. The van der Waals surface area contributed by atoms with E-state index >= 15 is 0 Å². The number of terminal acetylenes is 1. The molecule has 14 heavy (non-hydrogen) atoms. The van der Waals surface area contributed by atoms with Gasteiger partial charge in [-0.1, -0.05) is 5.92 Å². The lowest BCUT2D eigenvalue weighted by molar-refractivity contribution is -0.115. The van der Waals surface area contributed by atoms with E-state index in [0.717, 1.165) is 0 Å². The first-order valence-corrected chi connectivity index (χ1v) is 4.04. The Morgan fingerprint density at radius 2 is 2.57 bits per heavy atom. The first-order chi connectivity index (χ1) is 6.76. The predicted molar refractivity (Wildman–Crippen MR) is 49.6 cm³/mol. The molecule has 6 nitrogen and oxygen atoms in total. The van der Waals surface area contributed by atoms with Crippen LogP contribution in [0.3, 0.4) is 0 Å². The van der Waals surface area contributed by atoms with Crippen LogP contribution in [-0.4, -0.2) is 27.7 Å². The number of ether oxygens (including phenoxy) is 1. The maximum absolute atomic E-state index is 11.0. The third kappa shape index (κ3) is 2.79. The lowest BCUT2D eigenvalue weighted by Crippen LogP contribution is -2.11. The highest BCUT2D eigenvalue weighted by molar-refractivity contribution is 5.90. The van der Waals surface area contributed by atoms with Crippen molar-refractivity contribution in [3.05, 3.63) is 0 Å². The van der Waals surface area contributed by atoms with Gasteiger partial charge in [0.15, 0.2) is 0 Å². The van der Waals surface area contributed by atoms with Crippen molar-refractivity contribution in [2.75, 3.05) is 11.9 Å². The monoisotopic (exact) mass is 194 g/mol. The number of anilines is 1. The minimum Gasteiger partial charge on any atom is -0.463 e. The fourth-order valence-corrected chi connectivity index (χ4v) is 0.765. The SMILES string of the molecule is C#CCC(=O)Nc1nc(OCC)n[nH]1. The van der Waals surface area contributed by atoms with E-state index < -0.39 is 0 Å². The van der Waals surface area contributed by atoms with E-state index in [4.69, 9.17) is 11.2 Å². The Bertz CT molecular complexity index is 352. The molecule has 0 saturated carbocycles. The Hall–Kier alpha value is -2.03. The molecule has 0 bridgehead atoms. The molecule has 1 heterocycles. The number of aromatic amines is 1. The summed E-state index contributed by atoms with van der Waals surface area (Å²) in [5.41, 5.74) is 0. The van der Waals surface area contributed by atoms with Crippen molar-refractivity contribution in [2.45, 2.75) is 13.3 Å². The quantitative estimate of drug-likeness (QED) is 0.669. The summed E-state index contributed by atoms with van der Waals surface area (Å²) in [7, 11) is 0. The van der Waals surface area contributed by atoms with Gasteiger partial charge in [0.05, 0.1) is 13.0 Å². The topological polar surface area (TPSA) is 79.9 Å². The normalized spacial score (nSPS) is 9.14. The number of H-pyrrole nitrogens is 1. The van der Waals surface area contributed by atoms with Gasteiger partial charge >= 0.3 is 6.01 Å². The molecule has 0 spiro atoms. The van der Waals surface area contributed by atoms with Crippen LogP contribution in [0.25, 0.3) is 0 Å². The van der Waals surface area contributed by atoms with Crippen LogP contribution in [0.4, 0.5) is 5.95 Å². The molecule has 1 amide bonds. The molecule has 0 aliphatic heterocycles. The van der Waals surface area contributed by atoms with E-state index in [1.165, 1.54) is 0 Å². The average molecular weight is 194 g/mol. The smallest absolute Gasteiger partial charge is 0.337 e. The average Bonchev–Trinajstić information content (AvgIpc) is 2.53. The Morgan fingerprint density at radius 3 is 3.21 bits per heavy atom.